The van der Waals surface area contributed by atoms with Gasteiger partial charge in [-0.25, -0.2) is 4.39 Å². The third-order valence-electron chi connectivity index (χ3n) is 4.23. The number of halogens is 3. The molecule has 22 heavy (non-hydrogen) atoms. The third-order valence-corrected chi connectivity index (χ3v) is 4.48. The average Bonchev–Trinajstić information content (AvgIpc) is 2.80. The zero-order valence-corrected chi connectivity index (χ0v) is 12.4. The maximum atomic E-state index is 14.2. The summed E-state index contributed by atoms with van der Waals surface area (Å²) in [5.41, 5.74) is -0.178. The van der Waals surface area contributed by atoms with Crippen molar-refractivity contribution in [3.8, 4) is 5.88 Å². The van der Waals surface area contributed by atoms with E-state index in [2.05, 4.69) is 15.0 Å². The van der Waals surface area contributed by atoms with Crippen molar-refractivity contribution in [2.75, 3.05) is 18.1 Å². The number of aromatic nitrogens is 3. The molecule has 5 nitrogen and oxygen atoms in total. The fourth-order valence-corrected chi connectivity index (χ4v) is 3.35. The standard InChI is InChI=1S/C14H13ClF2N4O/c15-11-9(16)10-8-12(20-14(17)18-10)21-5-3-1-2-4-7(21)6-22-13(8)19-11/h7H,1-6H2/t7-/m0/s1. The fraction of sp³-hybridized carbons (Fsp3) is 0.500. The van der Waals surface area contributed by atoms with E-state index in [1.165, 1.54) is 0 Å². The summed E-state index contributed by atoms with van der Waals surface area (Å²) in [5, 5.41) is -0.0728. The minimum Gasteiger partial charge on any atom is -0.475 e. The van der Waals surface area contributed by atoms with Gasteiger partial charge >= 0.3 is 6.08 Å². The first-order valence-corrected chi connectivity index (χ1v) is 7.64. The SMILES string of the molecule is Fc1nc2c3c(nc(Cl)c(F)c3n1)OC[C@@H]1CCCCCN21. The number of anilines is 1. The Morgan fingerprint density at radius 1 is 1.14 bits per heavy atom. The molecule has 116 valence electrons. The van der Waals surface area contributed by atoms with Gasteiger partial charge in [-0.2, -0.15) is 19.3 Å². The van der Waals surface area contributed by atoms with Gasteiger partial charge in [0, 0.05) is 6.54 Å². The Hall–Kier alpha value is -1.76. The van der Waals surface area contributed by atoms with E-state index >= 15 is 0 Å². The molecule has 2 aliphatic heterocycles. The molecule has 4 rings (SSSR count). The minimum absolute atomic E-state index is 0.0658. The first-order valence-electron chi connectivity index (χ1n) is 7.27. The lowest BCUT2D eigenvalue weighted by molar-refractivity contribution is 0.274. The van der Waals surface area contributed by atoms with Crippen molar-refractivity contribution in [1.82, 2.24) is 15.0 Å². The Morgan fingerprint density at radius 3 is 2.86 bits per heavy atom. The van der Waals surface area contributed by atoms with Crippen LogP contribution in [0.25, 0.3) is 10.9 Å². The lowest BCUT2D eigenvalue weighted by atomic mass is 10.1. The molecule has 2 aromatic heterocycles. The van der Waals surface area contributed by atoms with E-state index in [1.54, 1.807) is 0 Å². The molecule has 4 heterocycles. The molecule has 0 unspecified atom stereocenters. The molecule has 2 aromatic rings. The molecule has 0 aromatic carbocycles. The van der Waals surface area contributed by atoms with Crippen LogP contribution < -0.4 is 9.64 Å². The van der Waals surface area contributed by atoms with Gasteiger partial charge in [0.15, 0.2) is 11.0 Å². The molecule has 0 N–H and O–H groups in total. The molecule has 0 aliphatic carbocycles. The summed E-state index contributed by atoms with van der Waals surface area (Å²) >= 11 is 5.77. The number of rotatable bonds is 0. The predicted octanol–water partition coefficient (Wildman–Crippen LogP) is 3.10. The van der Waals surface area contributed by atoms with Gasteiger partial charge in [0.1, 0.15) is 23.3 Å². The second-order valence-corrected chi connectivity index (χ2v) is 5.93. The Labute approximate surface area is 130 Å². The second-order valence-electron chi connectivity index (χ2n) is 5.57. The Balaban J connectivity index is 2.02. The van der Waals surface area contributed by atoms with Crippen LogP contribution in [0.1, 0.15) is 25.7 Å². The summed E-state index contributed by atoms with van der Waals surface area (Å²) in [6.45, 7) is 1.12. The van der Waals surface area contributed by atoms with Gasteiger partial charge in [-0.05, 0) is 12.8 Å². The number of nitrogens with zero attached hydrogens (tertiary/aromatic N) is 4. The molecule has 8 heteroatoms. The van der Waals surface area contributed by atoms with Gasteiger partial charge in [-0.15, -0.1) is 0 Å². The van der Waals surface area contributed by atoms with Crippen LogP contribution in [0.3, 0.4) is 0 Å². The van der Waals surface area contributed by atoms with E-state index in [4.69, 9.17) is 16.3 Å². The Morgan fingerprint density at radius 2 is 2.00 bits per heavy atom. The first kappa shape index (κ1) is 13.9. The van der Waals surface area contributed by atoms with Crippen molar-refractivity contribution in [1.29, 1.82) is 0 Å². The van der Waals surface area contributed by atoms with E-state index in [0.29, 0.717) is 17.8 Å². The summed E-state index contributed by atoms with van der Waals surface area (Å²) < 4.78 is 33.7. The molecule has 1 fully saturated rings. The topological polar surface area (TPSA) is 51.1 Å². The van der Waals surface area contributed by atoms with Crippen molar-refractivity contribution in [3.63, 3.8) is 0 Å². The second kappa shape index (κ2) is 5.15. The highest BCUT2D eigenvalue weighted by atomic mass is 35.5. The van der Waals surface area contributed by atoms with Gasteiger partial charge in [0.2, 0.25) is 5.88 Å². The van der Waals surface area contributed by atoms with Crippen LogP contribution >= 0.6 is 11.6 Å². The van der Waals surface area contributed by atoms with Crippen LogP contribution in [-0.4, -0.2) is 34.1 Å². The fourth-order valence-electron chi connectivity index (χ4n) is 3.19. The van der Waals surface area contributed by atoms with Crippen LogP contribution in [0.4, 0.5) is 14.6 Å². The van der Waals surface area contributed by atoms with E-state index in [9.17, 15) is 8.78 Å². The maximum Gasteiger partial charge on any atom is 0.311 e. The van der Waals surface area contributed by atoms with Crippen LogP contribution in [0, 0.1) is 11.9 Å². The smallest absolute Gasteiger partial charge is 0.311 e. The molecular formula is C14H13ClF2N4O. The van der Waals surface area contributed by atoms with Crippen molar-refractivity contribution in [2.24, 2.45) is 0 Å². The number of pyridine rings is 1. The van der Waals surface area contributed by atoms with E-state index in [-0.39, 0.29) is 22.6 Å². The molecule has 0 amide bonds. The van der Waals surface area contributed by atoms with Crippen LogP contribution in [-0.2, 0) is 0 Å². The van der Waals surface area contributed by atoms with Crippen LogP contribution in [0.5, 0.6) is 5.88 Å². The summed E-state index contributed by atoms with van der Waals surface area (Å²) in [7, 11) is 0. The lowest BCUT2D eigenvalue weighted by Gasteiger charge is -2.28. The molecule has 0 bridgehead atoms. The normalized spacial score (nSPS) is 21.0. The summed E-state index contributed by atoms with van der Waals surface area (Å²) in [4.78, 5) is 13.4. The number of hydrogen-bond acceptors (Lipinski definition) is 5. The van der Waals surface area contributed by atoms with Crippen molar-refractivity contribution in [2.45, 2.75) is 31.7 Å². The average molecular weight is 327 g/mol. The molecule has 0 radical (unpaired) electrons. The van der Waals surface area contributed by atoms with Crippen molar-refractivity contribution >= 4 is 28.3 Å². The predicted molar refractivity (Wildman–Crippen MR) is 77.4 cm³/mol. The van der Waals surface area contributed by atoms with Crippen molar-refractivity contribution < 1.29 is 13.5 Å². The zero-order chi connectivity index (χ0) is 15.3. The molecular weight excluding hydrogens is 314 g/mol. The summed E-state index contributed by atoms with van der Waals surface area (Å²) in [6.07, 6.45) is 3.09. The highest BCUT2D eigenvalue weighted by molar-refractivity contribution is 6.30. The van der Waals surface area contributed by atoms with Gasteiger partial charge in [0.05, 0.1) is 6.04 Å². The maximum absolute atomic E-state index is 14.2. The number of hydrogen-bond donors (Lipinski definition) is 0. The molecule has 0 spiro atoms. The number of ether oxygens (including phenoxy) is 1. The van der Waals surface area contributed by atoms with Gasteiger partial charge in [0.25, 0.3) is 0 Å². The quantitative estimate of drug-likeness (QED) is 0.550. The monoisotopic (exact) mass is 326 g/mol. The highest BCUT2D eigenvalue weighted by Crippen LogP contribution is 2.39. The summed E-state index contributed by atoms with van der Waals surface area (Å²) in [6, 6.07) is 0.0658. The van der Waals surface area contributed by atoms with Crippen LogP contribution in [0.2, 0.25) is 5.15 Å². The van der Waals surface area contributed by atoms with Gasteiger partial charge in [-0.3, -0.25) is 0 Å². The van der Waals surface area contributed by atoms with Crippen LogP contribution in [0.15, 0.2) is 0 Å². The molecule has 1 atom stereocenters. The highest BCUT2D eigenvalue weighted by Gasteiger charge is 2.32. The lowest BCUT2D eigenvalue weighted by Crippen LogP contribution is -2.38. The molecule has 1 saturated heterocycles. The zero-order valence-electron chi connectivity index (χ0n) is 11.7. The van der Waals surface area contributed by atoms with Gasteiger partial charge in [-0.1, -0.05) is 24.4 Å². The van der Waals surface area contributed by atoms with Crippen molar-refractivity contribution in [3.05, 3.63) is 17.0 Å². The van der Waals surface area contributed by atoms with E-state index in [1.807, 2.05) is 4.90 Å². The van der Waals surface area contributed by atoms with Gasteiger partial charge < -0.3 is 9.64 Å². The third kappa shape index (κ3) is 2.06. The van der Waals surface area contributed by atoms with E-state index < -0.39 is 11.9 Å². The Bertz CT molecular complexity index is 757. The van der Waals surface area contributed by atoms with E-state index in [0.717, 1.165) is 32.2 Å². The molecule has 2 aliphatic rings. The largest absolute Gasteiger partial charge is 0.475 e. The summed E-state index contributed by atoms with van der Waals surface area (Å²) in [5.74, 6) is -0.325. The first-order chi connectivity index (χ1) is 10.6. The Kier molecular flexibility index (Phi) is 3.25. The number of fused-ring (bicyclic) bond motifs is 2. The minimum atomic E-state index is -0.973. The molecule has 0 saturated carbocycles.